The van der Waals surface area contributed by atoms with Gasteiger partial charge < -0.3 is 9.15 Å². The van der Waals surface area contributed by atoms with Gasteiger partial charge in [0.2, 0.25) is 4.77 Å². The highest BCUT2D eigenvalue weighted by molar-refractivity contribution is 7.71. The zero-order valence-electron chi connectivity index (χ0n) is 16.1. The molecular formula is C20H22ClN5O2S. The summed E-state index contributed by atoms with van der Waals surface area (Å²) in [7, 11) is 0. The van der Waals surface area contributed by atoms with Gasteiger partial charge >= 0.3 is 0 Å². The number of hydrogen-bond acceptors (Lipinski definition) is 6. The second-order valence-corrected chi connectivity index (χ2v) is 7.49. The third kappa shape index (κ3) is 4.67. The Hall–Kier alpha value is -2.26. The van der Waals surface area contributed by atoms with E-state index in [0.717, 1.165) is 49.9 Å². The maximum absolute atomic E-state index is 5.95. The fourth-order valence-corrected chi connectivity index (χ4v) is 3.49. The van der Waals surface area contributed by atoms with Gasteiger partial charge in [-0.05, 0) is 48.6 Å². The van der Waals surface area contributed by atoms with Crippen molar-refractivity contribution in [2.45, 2.75) is 20.0 Å². The summed E-state index contributed by atoms with van der Waals surface area (Å²) in [5, 5.41) is 9.85. The van der Waals surface area contributed by atoms with Crippen LogP contribution in [0.2, 0.25) is 5.02 Å². The van der Waals surface area contributed by atoms with Gasteiger partial charge in [-0.15, -0.1) is 0 Å². The number of benzene rings is 1. The summed E-state index contributed by atoms with van der Waals surface area (Å²) in [6.07, 6.45) is 2.39. The predicted octanol–water partition coefficient (Wildman–Crippen LogP) is 4.06. The van der Waals surface area contributed by atoms with Crippen molar-refractivity contribution >= 4 is 30.0 Å². The van der Waals surface area contributed by atoms with Crippen molar-refractivity contribution in [3.8, 4) is 11.3 Å². The lowest BCUT2D eigenvalue weighted by atomic mass is 10.2. The Morgan fingerprint density at radius 2 is 1.93 bits per heavy atom. The highest BCUT2D eigenvalue weighted by Crippen LogP contribution is 2.23. The first-order valence-electron chi connectivity index (χ1n) is 9.53. The molecule has 0 amide bonds. The van der Waals surface area contributed by atoms with E-state index < -0.39 is 0 Å². The Labute approximate surface area is 179 Å². The molecule has 0 unspecified atom stereocenters. The minimum atomic E-state index is 0.564. The number of aromatic nitrogens is 3. The van der Waals surface area contributed by atoms with E-state index in [0.29, 0.717) is 22.2 Å². The van der Waals surface area contributed by atoms with Crippen LogP contribution in [-0.2, 0) is 17.8 Å². The van der Waals surface area contributed by atoms with Crippen molar-refractivity contribution in [2.75, 3.05) is 26.3 Å². The number of halogens is 1. The fraction of sp³-hybridized carbons (Fsp3) is 0.350. The van der Waals surface area contributed by atoms with Crippen LogP contribution in [-0.4, -0.2) is 51.9 Å². The number of furan rings is 1. The van der Waals surface area contributed by atoms with Gasteiger partial charge in [0.05, 0.1) is 26.1 Å². The van der Waals surface area contributed by atoms with Crippen LogP contribution < -0.4 is 0 Å². The lowest BCUT2D eigenvalue weighted by Crippen LogP contribution is -2.37. The quantitative estimate of drug-likeness (QED) is 0.435. The van der Waals surface area contributed by atoms with E-state index in [4.69, 9.17) is 33.0 Å². The van der Waals surface area contributed by atoms with Crippen molar-refractivity contribution in [2.24, 2.45) is 5.10 Å². The van der Waals surface area contributed by atoms with Crippen LogP contribution in [0, 0.1) is 4.77 Å². The van der Waals surface area contributed by atoms with Gasteiger partial charge in [0.15, 0.2) is 5.82 Å². The molecule has 1 aliphatic rings. The molecule has 4 rings (SSSR count). The smallest absolute Gasteiger partial charge is 0.220 e. The summed E-state index contributed by atoms with van der Waals surface area (Å²) < 4.78 is 15.4. The second-order valence-electron chi connectivity index (χ2n) is 6.69. The van der Waals surface area contributed by atoms with Crippen LogP contribution in [0.3, 0.4) is 0 Å². The molecule has 0 N–H and O–H groups in total. The van der Waals surface area contributed by atoms with Crippen molar-refractivity contribution in [1.82, 2.24) is 19.4 Å². The topological polar surface area (TPSA) is 60.7 Å². The van der Waals surface area contributed by atoms with E-state index >= 15 is 0 Å². The Kier molecular flexibility index (Phi) is 6.25. The van der Waals surface area contributed by atoms with Crippen LogP contribution in [0.5, 0.6) is 0 Å². The van der Waals surface area contributed by atoms with E-state index in [1.165, 1.54) is 0 Å². The summed E-state index contributed by atoms with van der Waals surface area (Å²) in [5.41, 5.74) is 0.957. The molecule has 29 heavy (non-hydrogen) atoms. The van der Waals surface area contributed by atoms with Gasteiger partial charge in [0.1, 0.15) is 11.5 Å². The molecule has 1 saturated heterocycles. The van der Waals surface area contributed by atoms with Crippen LogP contribution in [0.1, 0.15) is 18.5 Å². The van der Waals surface area contributed by atoms with Gasteiger partial charge in [0, 0.05) is 30.1 Å². The first-order valence-corrected chi connectivity index (χ1v) is 10.3. The second kappa shape index (κ2) is 9.04. The molecule has 3 aromatic rings. The molecule has 0 spiro atoms. The monoisotopic (exact) mass is 431 g/mol. The number of morpholine rings is 1. The van der Waals surface area contributed by atoms with Gasteiger partial charge in [-0.2, -0.15) is 14.9 Å². The number of ether oxygens (including phenoxy) is 1. The molecule has 0 saturated carbocycles. The molecule has 1 aliphatic heterocycles. The SMILES string of the molecule is CCc1nn(CN2CCOCC2)c(=S)n1/N=C/c1ccc(-c2ccc(Cl)cc2)o1. The molecule has 0 atom stereocenters. The molecule has 0 radical (unpaired) electrons. The zero-order chi connectivity index (χ0) is 20.2. The Balaban J connectivity index is 1.53. The number of nitrogens with zero attached hydrogens (tertiary/aromatic N) is 5. The average molecular weight is 432 g/mol. The average Bonchev–Trinajstić information content (AvgIpc) is 3.33. The summed E-state index contributed by atoms with van der Waals surface area (Å²) >= 11 is 11.6. The maximum Gasteiger partial charge on any atom is 0.220 e. The van der Waals surface area contributed by atoms with Crippen LogP contribution in [0.15, 0.2) is 45.9 Å². The van der Waals surface area contributed by atoms with Gasteiger partial charge in [-0.25, -0.2) is 4.68 Å². The standard InChI is InChI=1S/C20H22ClN5O2S/c1-2-19-23-25(14-24-9-11-27-12-10-24)20(29)26(19)22-13-17-7-8-18(28-17)15-3-5-16(21)6-4-15/h3-8,13H,2,9-12,14H2,1H3/b22-13+. The van der Waals surface area contributed by atoms with E-state index in [1.807, 2.05) is 48.0 Å². The molecule has 1 fully saturated rings. The van der Waals surface area contributed by atoms with Gasteiger partial charge in [-0.3, -0.25) is 4.90 Å². The summed E-state index contributed by atoms with van der Waals surface area (Å²) in [6.45, 7) is 5.90. The van der Waals surface area contributed by atoms with Gasteiger partial charge in [0.25, 0.3) is 0 Å². The third-order valence-corrected chi connectivity index (χ3v) is 5.33. The molecule has 152 valence electrons. The molecule has 1 aromatic carbocycles. The Bertz CT molecular complexity index is 1050. The van der Waals surface area contributed by atoms with E-state index in [1.54, 1.807) is 10.9 Å². The fourth-order valence-electron chi connectivity index (χ4n) is 3.11. The summed E-state index contributed by atoms with van der Waals surface area (Å²) in [5.74, 6) is 2.20. The predicted molar refractivity (Wildman–Crippen MR) is 115 cm³/mol. The van der Waals surface area contributed by atoms with Crippen LogP contribution >= 0.6 is 23.8 Å². The highest BCUT2D eigenvalue weighted by Gasteiger charge is 2.15. The molecule has 7 nitrogen and oxygen atoms in total. The first-order chi connectivity index (χ1) is 14.1. The Morgan fingerprint density at radius 1 is 1.17 bits per heavy atom. The molecule has 0 bridgehead atoms. The molecular weight excluding hydrogens is 410 g/mol. The van der Waals surface area contributed by atoms with Gasteiger partial charge in [-0.1, -0.05) is 18.5 Å². The third-order valence-electron chi connectivity index (χ3n) is 4.69. The summed E-state index contributed by atoms with van der Waals surface area (Å²) in [4.78, 5) is 2.27. The molecule has 2 aromatic heterocycles. The number of hydrogen-bond donors (Lipinski definition) is 0. The largest absolute Gasteiger partial charge is 0.455 e. The Morgan fingerprint density at radius 3 is 2.66 bits per heavy atom. The van der Waals surface area contributed by atoms with E-state index in [-0.39, 0.29) is 0 Å². The normalized spacial score (nSPS) is 15.4. The van der Waals surface area contributed by atoms with Crippen molar-refractivity contribution in [3.05, 3.63) is 57.8 Å². The van der Waals surface area contributed by atoms with Crippen LogP contribution in [0.4, 0.5) is 0 Å². The zero-order valence-corrected chi connectivity index (χ0v) is 17.7. The molecule has 9 heteroatoms. The van der Waals surface area contributed by atoms with E-state index in [2.05, 4.69) is 15.1 Å². The van der Waals surface area contributed by atoms with Crippen molar-refractivity contribution < 1.29 is 9.15 Å². The maximum atomic E-state index is 5.95. The number of rotatable bonds is 6. The van der Waals surface area contributed by atoms with Crippen LogP contribution in [0.25, 0.3) is 11.3 Å². The van der Waals surface area contributed by atoms with Crippen molar-refractivity contribution in [3.63, 3.8) is 0 Å². The van der Waals surface area contributed by atoms with Crippen molar-refractivity contribution in [1.29, 1.82) is 0 Å². The first kappa shape index (κ1) is 20.0. The minimum absolute atomic E-state index is 0.564. The number of aryl methyl sites for hydroxylation is 1. The van der Waals surface area contributed by atoms with E-state index in [9.17, 15) is 0 Å². The molecule has 3 heterocycles. The lowest BCUT2D eigenvalue weighted by Gasteiger charge is -2.25. The lowest BCUT2D eigenvalue weighted by molar-refractivity contribution is 0.0209. The molecule has 0 aliphatic carbocycles. The highest BCUT2D eigenvalue weighted by atomic mass is 35.5. The summed E-state index contributed by atoms with van der Waals surface area (Å²) in [6, 6.07) is 11.3. The minimum Gasteiger partial charge on any atom is -0.455 e.